The number of aromatic nitrogens is 2. The van der Waals surface area contributed by atoms with E-state index in [1.54, 1.807) is 6.20 Å². The molecule has 5 nitrogen and oxygen atoms in total. The van der Waals surface area contributed by atoms with Gasteiger partial charge in [-0.2, -0.15) is 5.10 Å². The van der Waals surface area contributed by atoms with E-state index in [-0.39, 0.29) is 6.03 Å². The molecule has 0 saturated heterocycles. The molecule has 1 aromatic heterocycles. The first-order valence-electron chi connectivity index (χ1n) is 7.31. The van der Waals surface area contributed by atoms with E-state index in [1.807, 2.05) is 23.0 Å². The molecule has 2 aromatic rings. The first kappa shape index (κ1) is 15.1. The molecule has 0 bridgehead atoms. The molecule has 2 rings (SSSR count). The van der Waals surface area contributed by atoms with Gasteiger partial charge in [-0.3, -0.25) is 4.68 Å². The Bertz CT molecular complexity index is 591. The molecule has 1 aromatic carbocycles. The highest BCUT2D eigenvalue weighted by molar-refractivity contribution is 5.88. The Balaban J connectivity index is 1.89. The number of carbonyl (C=O) groups is 1. The van der Waals surface area contributed by atoms with Gasteiger partial charge in [0, 0.05) is 12.7 Å². The van der Waals surface area contributed by atoms with Gasteiger partial charge in [-0.05, 0) is 24.5 Å². The maximum absolute atomic E-state index is 11.6. The summed E-state index contributed by atoms with van der Waals surface area (Å²) in [5, 5.41) is 9.88. The van der Waals surface area contributed by atoms with Gasteiger partial charge in [0.1, 0.15) is 0 Å². The summed E-state index contributed by atoms with van der Waals surface area (Å²) in [5.41, 5.74) is 3.16. The number of amides is 2. The van der Waals surface area contributed by atoms with Crippen LogP contribution in [0.25, 0.3) is 0 Å². The molecule has 0 unspecified atom stereocenters. The van der Waals surface area contributed by atoms with Crippen LogP contribution in [0.5, 0.6) is 0 Å². The van der Waals surface area contributed by atoms with E-state index >= 15 is 0 Å². The van der Waals surface area contributed by atoms with Crippen molar-refractivity contribution < 1.29 is 4.79 Å². The highest BCUT2D eigenvalue weighted by atomic mass is 16.2. The van der Waals surface area contributed by atoms with Crippen LogP contribution in [0, 0.1) is 6.92 Å². The van der Waals surface area contributed by atoms with Crippen LogP contribution in [0.4, 0.5) is 10.5 Å². The number of nitrogens with zero attached hydrogens (tertiary/aromatic N) is 2. The van der Waals surface area contributed by atoms with E-state index in [4.69, 9.17) is 0 Å². The van der Waals surface area contributed by atoms with Crippen molar-refractivity contribution in [3.05, 3.63) is 47.8 Å². The van der Waals surface area contributed by atoms with E-state index in [9.17, 15) is 4.79 Å². The lowest BCUT2D eigenvalue weighted by molar-refractivity contribution is 0.252. The Morgan fingerprint density at radius 2 is 2.14 bits per heavy atom. The van der Waals surface area contributed by atoms with Crippen LogP contribution in [0.2, 0.25) is 0 Å². The van der Waals surface area contributed by atoms with Gasteiger partial charge in [-0.15, -0.1) is 0 Å². The van der Waals surface area contributed by atoms with E-state index in [1.165, 1.54) is 11.1 Å². The number of carbonyl (C=O) groups excluding carboxylic acids is 1. The predicted octanol–water partition coefficient (Wildman–Crippen LogP) is 3.16. The third-order valence-corrected chi connectivity index (χ3v) is 3.30. The molecule has 0 atom stereocenters. The van der Waals surface area contributed by atoms with Crippen molar-refractivity contribution in [1.82, 2.24) is 15.1 Å². The largest absolute Gasteiger partial charge is 0.338 e. The summed E-state index contributed by atoms with van der Waals surface area (Å²) < 4.78 is 1.82. The van der Waals surface area contributed by atoms with E-state index < -0.39 is 0 Å². The highest BCUT2D eigenvalue weighted by Crippen LogP contribution is 2.11. The number of hydrogen-bond acceptors (Lipinski definition) is 2. The quantitative estimate of drug-likeness (QED) is 0.801. The van der Waals surface area contributed by atoms with Gasteiger partial charge in [0.2, 0.25) is 0 Å². The summed E-state index contributed by atoms with van der Waals surface area (Å²) >= 11 is 0. The van der Waals surface area contributed by atoms with Crippen LogP contribution in [-0.4, -0.2) is 22.4 Å². The van der Waals surface area contributed by atoms with Crippen LogP contribution in [-0.2, 0) is 6.54 Å². The zero-order chi connectivity index (χ0) is 15.1. The lowest BCUT2D eigenvalue weighted by Gasteiger charge is -2.06. The smallest absolute Gasteiger partial charge is 0.319 e. The number of nitrogens with one attached hydrogen (secondary N) is 2. The maximum Gasteiger partial charge on any atom is 0.319 e. The molecular weight excluding hydrogens is 264 g/mol. The van der Waals surface area contributed by atoms with Crippen molar-refractivity contribution in [2.24, 2.45) is 0 Å². The molecule has 0 saturated carbocycles. The lowest BCUT2D eigenvalue weighted by Crippen LogP contribution is -2.29. The number of anilines is 1. The molecule has 0 radical (unpaired) electrons. The zero-order valence-corrected chi connectivity index (χ0v) is 12.6. The molecule has 0 aliphatic heterocycles. The van der Waals surface area contributed by atoms with Crippen molar-refractivity contribution in [1.29, 1.82) is 0 Å². The zero-order valence-electron chi connectivity index (χ0n) is 12.6. The van der Waals surface area contributed by atoms with Crippen LogP contribution in [0.3, 0.4) is 0 Å². The summed E-state index contributed by atoms with van der Waals surface area (Å²) in [4.78, 5) is 11.6. The van der Waals surface area contributed by atoms with Crippen LogP contribution < -0.4 is 10.6 Å². The van der Waals surface area contributed by atoms with Gasteiger partial charge >= 0.3 is 6.03 Å². The first-order valence-corrected chi connectivity index (χ1v) is 7.31. The summed E-state index contributed by atoms with van der Waals surface area (Å²) in [6.07, 6.45) is 5.55. The second-order valence-corrected chi connectivity index (χ2v) is 5.09. The van der Waals surface area contributed by atoms with Crippen LogP contribution >= 0.6 is 0 Å². The average molecular weight is 286 g/mol. The van der Waals surface area contributed by atoms with Crippen molar-refractivity contribution in [3.63, 3.8) is 0 Å². The molecule has 1 heterocycles. The SMILES string of the molecule is CCCCNC(=O)Nc1cnn(Cc2ccccc2C)c1. The third kappa shape index (κ3) is 4.63. The van der Waals surface area contributed by atoms with Crippen molar-refractivity contribution in [2.75, 3.05) is 11.9 Å². The Hall–Kier alpha value is -2.30. The summed E-state index contributed by atoms with van der Waals surface area (Å²) in [5.74, 6) is 0. The molecule has 0 spiro atoms. The first-order chi connectivity index (χ1) is 10.2. The van der Waals surface area contributed by atoms with Gasteiger partial charge in [0.05, 0.1) is 18.4 Å². The number of urea groups is 1. The van der Waals surface area contributed by atoms with Gasteiger partial charge in [-0.25, -0.2) is 4.79 Å². The Morgan fingerprint density at radius 3 is 2.90 bits per heavy atom. The normalized spacial score (nSPS) is 10.4. The monoisotopic (exact) mass is 286 g/mol. The Labute approximate surface area is 125 Å². The fourth-order valence-electron chi connectivity index (χ4n) is 2.03. The van der Waals surface area contributed by atoms with Gasteiger partial charge in [0.15, 0.2) is 0 Å². The molecule has 21 heavy (non-hydrogen) atoms. The second-order valence-electron chi connectivity index (χ2n) is 5.09. The molecule has 2 N–H and O–H groups in total. The summed E-state index contributed by atoms with van der Waals surface area (Å²) in [6, 6.07) is 8.03. The summed E-state index contributed by atoms with van der Waals surface area (Å²) in [6.45, 7) is 5.57. The second kappa shape index (κ2) is 7.47. The van der Waals surface area contributed by atoms with Crippen LogP contribution in [0.1, 0.15) is 30.9 Å². The average Bonchev–Trinajstić information content (AvgIpc) is 2.89. The highest BCUT2D eigenvalue weighted by Gasteiger charge is 2.04. The maximum atomic E-state index is 11.6. The standard InChI is InChI=1S/C16H22N4O/c1-3-4-9-17-16(21)19-15-10-18-20(12-15)11-14-8-6-5-7-13(14)2/h5-8,10,12H,3-4,9,11H2,1-2H3,(H2,17,19,21). The minimum absolute atomic E-state index is 0.182. The van der Waals surface area contributed by atoms with E-state index in [0.29, 0.717) is 18.8 Å². The van der Waals surface area contributed by atoms with E-state index in [0.717, 1.165) is 12.8 Å². The fraction of sp³-hybridized carbons (Fsp3) is 0.375. The molecule has 0 fully saturated rings. The Morgan fingerprint density at radius 1 is 1.33 bits per heavy atom. The summed E-state index contributed by atoms with van der Waals surface area (Å²) in [7, 11) is 0. The minimum atomic E-state index is -0.182. The number of hydrogen-bond donors (Lipinski definition) is 2. The van der Waals surface area contributed by atoms with Gasteiger partial charge in [-0.1, -0.05) is 37.6 Å². The number of benzene rings is 1. The topological polar surface area (TPSA) is 59.0 Å². The third-order valence-electron chi connectivity index (χ3n) is 3.30. The number of rotatable bonds is 6. The Kier molecular flexibility index (Phi) is 5.37. The number of unbranched alkanes of at least 4 members (excludes halogenated alkanes) is 1. The van der Waals surface area contributed by atoms with Crippen molar-refractivity contribution in [3.8, 4) is 0 Å². The molecule has 0 aliphatic carbocycles. The van der Waals surface area contributed by atoms with Gasteiger partial charge < -0.3 is 10.6 Å². The molecule has 112 valence electrons. The van der Waals surface area contributed by atoms with E-state index in [2.05, 4.69) is 41.7 Å². The minimum Gasteiger partial charge on any atom is -0.338 e. The molecule has 0 aliphatic rings. The fourth-order valence-corrected chi connectivity index (χ4v) is 2.03. The predicted molar refractivity (Wildman–Crippen MR) is 84.4 cm³/mol. The molecular formula is C16H22N4O. The van der Waals surface area contributed by atoms with Crippen molar-refractivity contribution >= 4 is 11.7 Å². The lowest BCUT2D eigenvalue weighted by atomic mass is 10.1. The molecule has 2 amide bonds. The van der Waals surface area contributed by atoms with Crippen LogP contribution in [0.15, 0.2) is 36.7 Å². The number of aryl methyl sites for hydroxylation is 1. The van der Waals surface area contributed by atoms with Gasteiger partial charge in [0.25, 0.3) is 0 Å². The molecule has 5 heteroatoms. The van der Waals surface area contributed by atoms with Crippen molar-refractivity contribution in [2.45, 2.75) is 33.2 Å².